The molecule has 1 heterocycles. The molecule has 100 valence electrons. The van der Waals surface area contributed by atoms with Gasteiger partial charge in [-0.3, -0.25) is 4.79 Å². The Labute approximate surface area is 111 Å². The van der Waals surface area contributed by atoms with Gasteiger partial charge in [0, 0.05) is 31.0 Å². The van der Waals surface area contributed by atoms with Gasteiger partial charge in [0.15, 0.2) is 0 Å². The van der Waals surface area contributed by atoms with Gasteiger partial charge in [-0.25, -0.2) is 0 Å². The molecule has 6 nitrogen and oxygen atoms in total. The van der Waals surface area contributed by atoms with E-state index in [1.807, 2.05) is 24.3 Å². The van der Waals surface area contributed by atoms with Crippen molar-refractivity contribution in [1.82, 2.24) is 4.90 Å². The van der Waals surface area contributed by atoms with Gasteiger partial charge in [0.05, 0.1) is 6.61 Å². The van der Waals surface area contributed by atoms with Gasteiger partial charge in [-0.05, 0) is 22.6 Å². The summed E-state index contributed by atoms with van der Waals surface area (Å²) in [6.45, 7) is 1.61. The van der Waals surface area contributed by atoms with Gasteiger partial charge in [0.1, 0.15) is 0 Å². The zero-order valence-electron chi connectivity index (χ0n) is 10.6. The van der Waals surface area contributed by atoms with Crippen molar-refractivity contribution in [1.29, 1.82) is 0 Å². The number of likely N-dealkylation sites (tertiary alicyclic amines) is 1. The maximum atomic E-state index is 11.8. The number of hydrogen-bond acceptors (Lipinski definition) is 3. The second kappa shape index (κ2) is 6.22. The van der Waals surface area contributed by atoms with E-state index < -0.39 is 0 Å². The highest BCUT2D eigenvalue weighted by molar-refractivity contribution is 5.78. The molecule has 1 aliphatic heterocycles. The van der Waals surface area contributed by atoms with Crippen molar-refractivity contribution in [3.8, 4) is 0 Å². The van der Waals surface area contributed by atoms with Crippen LogP contribution in [0.25, 0.3) is 10.4 Å². The van der Waals surface area contributed by atoms with Gasteiger partial charge in [-0.2, -0.15) is 0 Å². The van der Waals surface area contributed by atoms with Crippen molar-refractivity contribution in [3.05, 3.63) is 45.8 Å². The van der Waals surface area contributed by atoms with Crippen LogP contribution in [0.1, 0.15) is 17.5 Å². The number of benzene rings is 1. The van der Waals surface area contributed by atoms with Crippen LogP contribution in [0.5, 0.6) is 0 Å². The molecule has 0 saturated carbocycles. The Kier molecular flexibility index (Phi) is 4.39. The molecule has 1 fully saturated rings. The minimum absolute atomic E-state index is 0.0250. The molecule has 1 aromatic rings. The summed E-state index contributed by atoms with van der Waals surface area (Å²) in [6.07, 6.45) is 0.452. The minimum Gasteiger partial charge on any atom is -0.392 e. The molecule has 0 spiro atoms. The first kappa shape index (κ1) is 13.4. The number of carbonyl (C=O) groups excluding carboxylic acids is 1. The predicted octanol–water partition coefficient (Wildman–Crippen LogP) is 1.84. The molecule has 2 rings (SSSR count). The van der Waals surface area contributed by atoms with Gasteiger partial charge in [0.25, 0.3) is 0 Å². The third kappa shape index (κ3) is 3.47. The minimum atomic E-state index is 0.0250. The molecule has 1 amide bonds. The average molecular weight is 260 g/mol. The van der Waals surface area contributed by atoms with Crippen molar-refractivity contribution in [3.63, 3.8) is 0 Å². The fourth-order valence-corrected chi connectivity index (χ4v) is 2.25. The number of aliphatic hydroxyl groups excluding tert-OH is 1. The molecule has 1 N–H and O–H groups in total. The van der Waals surface area contributed by atoms with Crippen molar-refractivity contribution in [2.75, 3.05) is 13.1 Å². The van der Waals surface area contributed by atoms with Crippen LogP contribution in [0.2, 0.25) is 0 Å². The lowest BCUT2D eigenvalue weighted by atomic mass is 10.1. The zero-order valence-corrected chi connectivity index (χ0v) is 10.6. The van der Waals surface area contributed by atoms with Crippen LogP contribution in [0, 0.1) is 5.92 Å². The fraction of sp³-hybridized carbons (Fsp3) is 0.462. The summed E-state index contributed by atoms with van der Waals surface area (Å²) in [5.74, 6) is 0.226. The van der Waals surface area contributed by atoms with Crippen LogP contribution < -0.4 is 0 Å². The average Bonchev–Trinajstić information content (AvgIpc) is 2.78. The molecule has 0 bridgehead atoms. The van der Waals surface area contributed by atoms with Gasteiger partial charge in [0.2, 0.25) is 5.91 Å². The normalized spacial score (nSPS) is 18.5. The Morgan fingerprint density at radius 2 is 2.05 bits per heavy atom. The van der Waals surface area contributed by atoms with Crippen LogP contribution in [-0.2, 0) is 17.9 Å². The van der Waals surface area contributed by atoms with Crippen LogP contribution in [-0.4, -0.2) is 29.0 Å². The van der Waals surface area contributed by atoms with Crippen LogP contribution in [0.4, 0.5) is 0 Å². The third-order valence-electron chi connectivity index (χ3n) is 3.28. The van der Waals surface area contributed by atoms with Crippen LogP contribution in [0.15, 0.2) is 29.4 Å². The Balaban J connectivity index is 1.95. The maximum absolute atomic E-state index is 11.8. The first-order valence-corrected chi connectivity index (χ1v) is 6.20. The summed E-state index contributed by atoms with van der Waals surface area (Å²) in [4.78, 5) is 16.3. The molecule has 0 radical (unpaired) electrons. The van der Waals surface area contributed by atoms with Crippen LogP contribution >= 0.6 is 0 Å². The summed E-state index contributed by atoms with van der Waals surface area (Å²) in [6, 6.07) is 7.54. The number of amides is 1. The first-order valence-electron chi connectivity index (χ1n) is 6.20. The largest absolute Gasteiger partial charge is 0.392 e. The molecule has 0 aliphatic carbocycles. The van der Waals surface area contributed by atoms with Crippen molar-refractivity contribution in [2.45, 2.75) is 19.6 Å². The van der Waals surface area contributed by atoms with Crippen molar-refractivity contribution >= 4 is 5.91 Å². The molecule has 0 aromatic heterocycles. The SMILES string of the molecule is [N-]=[N+]=NCC1CC(=O)N(Cc2ccc(CO)cc2)C1. The molecule has 1 aliphatic rings. The van der Waals surface area contributed by atoms with Crippen molar-refractivity contribution < 1.29 is 9.90 Å². The second-order valence-corrected chi connectivity index (χ2v) is 4.73. The molecule has 1 aromatic carbocycles. The molecule has 6 heteroatoms. The fourth-order valence-electron chi connectivity index (χ4n) is 2.25. The molecule has 1 atom stereocenters. The standard InChI is InChI=1S/C13H16N4O2/c14-16-15-6-12-5-13(19)17(8-12)7-10-1-3-11(9-18)4-2-10/h1-4,12,18H,5-9H2. The molecule has 1 unspecified atom stereocenters. The highest BCUT2D eigenvalue weighted by Crippen LogP contribution is 2.20. The lowest BCUT2D eigenvalue weighted by Crippen LogP contribution is -2.24. The predicted molar refractivity (Wildman–Crippen MR) is 69.9 cm³/mol. The maximum Gasteiger partial charge on any atom is 0.223 e. The van der Waals surface area contributed by atoms with E-state index >= 15 is 0 Å². The summed E-state index contributed by atoms with van der Waals surface area (Å²) >= 11 is 0. The molecule has 1 saturated heterocycles. The van der Waals surface area contributed by atoms with E-state index in [0.717, 1.165) is 11.1 Å². The van der Waals surface area contributed by atoms with Crippen molar-refractivity contribution in [2.24, 2.45) is 11.0 Å². The smallest absolute Gasteiger partial charge is 0.223 e. The quantitative estimate of drug-likeness (QED) is 0.497. The van der Waals surface area contributed by atoms with E-state index in [9.17, 15) is 4.79 Å². The summed E-state index contributed by atoms with van der Waals surface area (Å²) in [5, 5.41) is 12.5. The van der Waals surface area contributed by atoms with E-state index in [4.69, 9.17) is 10.6 Å². The lowest BCUT2D eigenvalue weighted by molar-refractivity contribution is -0.128. The Morgan fingerprint density at radius 3 is 2.68 bits per heavy atom. The van der Waals surface area contributed by atoms with E-state index in [-0.39, 0.29) is 18.4 Å². The second-order valence-electron chi connectivity index (χ2n) is 4.73. The topological polar surface area (TPSA) is 89.3 Å². The summed E-state index contributed by atoms with van der Waals surface area (Å²) < 4.78 is 0. The number of carbonyl (C=O) groups is 1. The number of hydrogen-bond donors (Lipinski definition) is 1. The highest BCUT2D eigenvalue weighted by Gasteiger charge is 2.28. The number of nitrogens with zero attached hydrogens (tertiary/aromatic N) is 4. The highest BCUT2D eigenvalue weighted by atomic mass is 16.3. The Bertz CT molecular complexity index is 494. The number of azide groups is 1. The Morgan fingerprint density at radius 1 is 1.37 bits per heavy atom. The summed E-state index contributed by atoms with van der Waals surface area (Å²) in [7, 11) is 0. The van der Waals surface area contributed by atoms with Gasteiger partial charge in [-0.15, -0.1) is 0 Å². The van der Waals surface area contributed by atoms with E-state index in [1.54, 1.807) is 4.90 Å². The van der Waals surface area contributed by atoms with E-state index in [1.165, 1.54) is 0 Å². The summed E-state index contributed by atoms with van der Waals surface area (Å²) in [5.41, 5.74) is 10.2. The zero-order chi connectivity index (χ0) is 13.7. The first-order chi connectivity index (χ1) is 9.22. The molecular weight excluding hydrogens is 244 g/mol. The number of rotatable bonds is 5. The van der Waals surface area contributed by atoms with Gasteiger partial charge >= 0.3 is 0 Å². The molecule has 19 heavy (non-hydrogen) atoms. The lowest BCUT2D eigenvalue weighted by Gasteiger charge is -2.16. The van der Waals surface area contributed by atoms with E-state index in [2.05, 4.69) is 10.0 Å². The third-order valence-corrected chi connectivity index (χ3v) is 3.28. The van der Waals surface area contributed by atoms with Crippen LogP contribution in [0.3, 0.4) is 0 Å². The van der Waals surface area contributed by atoms with Gasteiger partial charge in [-0.1, -0.05) is 29.4 Å². The monoisotopic (exact) mass is 260 g/mol. The molecular formula is C13H16N4O2. The number of aliphatic hydroxyl groups is 1. The Hall–Kier alpha value is -2.04. The van der Waals surface area contributed by atoms with E-state index in [0.29, 0.717) is 26.1 Å². The van der Waals surface area contributed by atoms with Gasteiger partial charge < -0.3 is 10.0 Å².